The lowest BCUT2D eigenvalue weighted by Crippen LogP contribution is -2.12. The SMILES string of the molecule is O=[N+]([O-])c1cc(F)c(OCCOC(F)F)nc1F. The van der Waals surface area contributed by atoms with E-state index in [2.05, 4.69) is 14.5 Å². The summed E-state index contributed by atoms with van der Waals surface area (Å²) < 4.78 is 57.5. The highest BCUT2D eigenvalue weighted by Crippen LogP contribution is 2.22. The number of nitro groups is 1. The van der Waals surface area contributed by atoms with E-state index in [4.69, 9.17) is 0 Å². The zero-order valence-corrected chi connectivity index (χ0v) is 8.61. The second-order valence-electron chi connectivity index (χ2n) is 2.82. The molecule has 0 aromatic carbocycles. The highest BCUT2D eigenvalue weighted by Gasteiger charge is 2.21. The van der Waals surface area contributed by atoms with Gasteiger partial charge in [-0.15, -0.1) is 0 Å². The van der Waals surface area contributed by atoms with Crippen LogP contribution in [-0.4, -0.2) is 29.7 Å². The largest absolute Gasteiger partial charge is 0.473 e. The molecule has 100 valence electrons. The molecule has 1 rings (SSSR count). The molecule has 0 amide bonds. The minimum Gasteiger partial charge on any atom is -0.473 e. The first-order valence-corrected chi connectivity index (χ1v) is 4.44. The first-order valence-electron chi connectivity index (χ1n) is 4.44. The van der Waals surface area contributed by atoms with Crippen LogP contribution in [0.15, 0.2) is 6.07 Å². The number of aromatic nitrogens is 1. The van der Waals surface area contributed by atoms with Crippen molar-refractivity contribution in [2.24, 2.45) is 0 Å². The Morgan fingerprint density at radius 3 is 2.61 bits per heavy atom. The van der Waals surface area contributed by atoms with Crippen LogP contribution in [-0.2, 0) is 4.74 Å². The van der Waals surface area contributed by atoms with Crippen LogP contribution in [0.1, 0.15) is 0 Å². The zero-order valence-electron chi connectivity index (χ0n) is 8.61. The molecule has 18 heavy (non-hydrogen) atoms. The fourth-order valence-electron chi connectivity index (χ4n) is 0.946. The van der Waals surface area contributed by atoms with Crippen LogP contribution in [0.2, 0.25) is 0 Å². The van der Waals surface area contributed by atoms with Crippen LogP contribution >= 0.6 is 0 Å². The molecule has 0 aliphatic heterocycles. The molecule has 0 saturated carbocycles. The maximum atomic E-state index is 13.1. The molecule has 1 aromatic heterocycles. The number of alkyl halides is 2. The lowest BCUT2D eigenvalue weighted by molar-refractivity contribution is -0.388. The topological polar surface area (TPSA) is 74.5 Å². The van der Waals surface area contributed by atoms with Crippen LogP contribution in [0.3, 0.4) is 0 Å². The van der Waals surface area contributed by atoms with Crippen molar-refractivity contribution < 1.29 is 32.0 Å². The Morgan fingerprint density at radius 1 is 1.39 bits per heavy atom. The quantitative estimate of drug-likeness (QED) is 0.259. The third kappa shape index (κ3) is 3.80. The van der Waals surface area contributed by atoms with Gasteiger partial charge in [-0.05, 0) is 0 Å². The van der Waals surface area contributed by atoms with Crippen molar-refractivity contribution in [1.82, 2.24) is 4.98 Å². The highest BCUT2D eigenvalue weighted by molar-refractivity contribution is 5.32. The Morgan fingerprint density at radius 2 is 2.06 bits per heavy atom. The van der Waals surface area contributed by atoms with Gasteiger partial charge < -0.3 is 9.47 Å². The van der Waals surface area contributed by atoms with Gasteiger partial charge in [0.15, 0.2) is 5.82 Å². The van der Waals surface area contributed by atoms with Gasteiger partial charge in [0, 0.05) is 0 Å². The first kappa shape index (κ1) is 14.1. The zero-order chi connectivity index (χ0) is 13.7. The highest BCUT2D eigenvalue weighted by atomic mass is 19.3. The van der Waals surface area contributed by atoms with Gasteiger partial charge in [-0.1, -0.05) is 0 Å². The lowest BCUT2D eigenvalue weighted by atomic mass is 10.4. The predicted octanol–water partition coefficient (Wildman–Crippen LogP) is 1.89. The Bertz CT molecular complexity index is 443. The van der Waals surface area contributed by atoms with Crippen LogP contribution in [0.5, 0.6) is 5.88 Å². The number of nitrogens with zero attached hydrogens (tertiary/aromatic N) is 2. The second kappa shape index (κ2) is 6.10. The van der Waals surface area contributed by atoms with Gasteiger partial charge in [0.25, 0.3) is 11.8 Å². The molecule has 0 spiro atoms. The summed E-state index contributed by atoms with van der Waals surface area (Å²) in [6.45, 7) is -4.09. The van der Waals surface area contributed by atoms with Gasteiger partial charge in [-0.3, -0.25) is 10.1 Å². The van der Waals surface area contributed by atoms with Crippen LogP contribution in [0, 0.1) is 21.9 Å². The monoisotopic (exact) mass is 270 g/mol. The Kier molecular flexibility index (Phi) is 4.77. The van der Waals surface area contributed by atoms with E-state index in [1.165, 1.54) is 0 Å². The van der Waals surface area contributed by atoms with E-state index in [1.807, 2.05) is 0 Å². The molecule has 0 bridgehead atoms. The predicted molar refractivity (Wildman–Crippen MR) is 48.3 cm³/mol. The van der Waals surface area contributed by atoms with Gasteiger partial charge in [0.2, 0.25) is 0 Å². The number of rotatable bonds is 6. The summed E-state index contributed by atoms with van der Waals surface area (Å²) in [6, 6.07) is 0.283. The molecule has 0 N–H and O–H groups in total. The molecular weight excluding hydrogens is 264 g/mol. The van der Waals surface area contributed by atoms with Crippen molar-refractivity contribution in [2.45, 2.75) is 6.61 Å². The van der Waals surface area contributed by atoms with E-state index in [1.54, 1.807) is 0 Å². The van der Waals surface area contributed by atoms with Crippen molar-refractivity contribution in [3.05, 3.63) is 27.9 Å². The Labute approximate surface area is 97.3 Å². The molecule has 0 atom stereocenters. The van der Waals surface area contributed by atoms with Crippen molar-refractivity contribution >= 4 is 5.69 Å². The van der Waals surface area contributed by atoms with Gasteiger partial charge in [0.1, 0.15) is 6.61 Å². The average Bonchev–Trinajstić information content (AvgIpc) is 2.27. The van der Waals surface area contributed by atoms with Gasteiger partial charge >= 0.3 is 12.3 Å². The second-order valence-corrected chi connectivity index (χ2v) is 2.82. The molecule has 0 saturated heterocycles. The fraction of sp³-hybridized carbons (Fsp3) is 0.375. The van der Waals surface area contributed by atoms with Crippen molar-refractivity contribution in [1.29, 1.82) is 0 Å². The van der Waals surface area contributed by atoms with Crippen LogP contribution in [0.4, 0.5) is 23.2 Å². The van der Waals surface area contributed by atoms with Gasteiger partial charge in [0.05, 0.1) is 17.6 Å². The summed E-state index contributed by atoms with van der Waals surface area (Å²) >= 11 is 0. The molecule has 0 fully saturated rings. The van der Waals surface area contributed by atoms with Crippen LogP contribution < -0.4 is 4.74 Å². The summed E-state index contributed by atoms with van der Waals surface area (Å²) in [4.78, 5) is 11.9. The van der Waals surface area contributed by atoms with Crippen molar-refractivity contribution in [3.63, 3.8) is 0 Å². The minimum absolute atomic E-state index is 0.283. The summed E-state index contributed by atoms with van der Waals surface area (Å²) in [6.07, 6.45) is 0. The van der Waals surface area contributed by atoms with Gasteiger partial charge in [-0.25, -0.2) is 4.39 Å². The normalized spacial score (nSPS) is 10.7. The average molecular weight is 270 g/mol. The lowest BCUT2D eigenvalue weighted by Gasteiger charge is -2.06. The standard InChI is InChI=1S/C8H6F4N2O4/c9-4-3-5(14(15)16)6(10)13-7(4)17-1-2-18-8(11)12/h3,8H,1-2H2. The number of pyridine rings is 1. The Balaban J connectivity index is 2.67. The molecule has 10 heteroatoms. The summed E-state index contributed by atoms with van der Waals surface area (Å²) in [5.74, 6) is -3.68. The fourth-order valence-corrected chi connectivity index (χ4v) is 0.946. The van der Waals surface area contributed by atoms with E-state index in [0.717, 1.165) is 0 Å². The van der Waals surface area contributed by atoms with E-state index in [-0.39, 0.29) is 6.07 Å². The van der Waals surface area contributed by atoms with E-state index >= 15 is 0 Å². The number of halogens is 4. The maximum absolute atomic E-state index is 13.1. The molecule has 6 nitrogen and oxygen atoms in total. The number of hydrogen-bond acceptors (Lipinski definition) is 5. The minimum atomic E-state index is -3.01. The van der Waals surface area contributed by atoms with Crippen LogP contribution in [0.25, 0.3) is 0 Å². The maximum Gasteiger partial charge on any atom is 0.345 e. The van der Waals surface area contributed by atoms with E-state index < -0.39 is 48.1 Å². The third-order valence-corrected chi connectivity index (χ3v) is 1.64. The Hall–Kier alpha value is -1.97. The van der Waals surface area contributed by atoms with E-state index in [0.29, 0.717) is 0 Å². The smallest absolute Gasteiger partial charge is 0.345 e. The molecule has 0 aliphatic rings. The molecular formula is C8H6F4N2O4. The first-order chi connectivity index (χ1) is 8.41. The molecule has 0 radical (unpaired) electrons. The molecule has 0 unspecified atom stereocenters. The summed E-state index contributed by atoms with van der Waals surface area (Å²) in [7, 11) is 0. The molecule has 1 aromatic rings. The molecule has 0 aliphatic carbocycles. The molecule has 1 heterocycles. The third-order valence-electron chi connectivity index (χ3n) is 1.64. The van der Waals surface area contributed by atoms with Crippen molar-refractivity contribution in [3.8, 4) is 5.88 Å². The summed E-state index contributed by atoms with van der Waals surface area (Å²) in [5, 5.41) is 10.2. The van der Waals surface area contributed by atoms with E-state index in [9.17, 15) is 27.7 Å². The van der Waals surface area contributed by atoms with Crippen molar-refractivity contribution in [2.75, 3.05) is 13.2 Å². The number of hydrogen-bond donors (Lipinski definition) is 0. The number of ether oxygens (including phenoxy) is 2. The van der Waals surface area contributed by atoms with Gasteiger partial charge in [-0.2, -0.15) is 18.2 Å². The summed E-state index contributed by atoms with van der Waals surface area (Å²) in [5.41, 5.74) is -1.15.